The van der Waals surface area contributed by atoms with Crippen molar-refractivity contribution in [3.05, 3.63) is 59.2 Å². The Morgan fingerprint density at radius 1 is 1.10 bits per heavy atom. The highest BCUT2D eigenvalue weighted by Gasteiger charge is 2.26. The van der Waals surface area contributed by atoms with Gasteiger partial charge >= 0.3 is 0 Å². The van der Waals surface area contributed by atoms with Crippen LogP contribution in [-0.4, -0.2) is 24.1 Å². The van der Waals surface area contributed by atoms with Gasteiger partial charge in [-0.3, -0.25) is 4.90 Å². The van der Waals surface area contributed by atoms with Gasteiger partial charge in [-0.25, -0.2) is 0 Å². The summed E-state index contributed by atoms with van der Waals surface area (Å²) in [6.07, 6.45) is 2.41. The standard InChI is InChI=1S/C18H20N2O/c19-16-6-5-13-7-8-20(11-15(13)9-16)12-17-10-14-3-1-2-4-18(14)21-17/h1-6,9,17H,7-8,10-12,19H2. The Morgan fingerprint density at radius 3 is 2.90 bits per heavy atom. The van der Waals surface area contributed by atoms with E-state index in [0.717, 1.165) is 43.9 Å². The van der Waals surface area contributed by atoms with Gasteiger partial charge in [-0.1, -0.05) is 24.3 Å². The predicted molar refractivity (Wildman–Crippen MR) is 84.4 cm³/mol. The zero-order valence-corrected chi connectivity index (χ0v) is 12.1. The molecule has 3 heteroatoms. The molecule has 1 unspecified atom stereocenters. The van der Waals surface area contributed by atoms with E-state index < -0.39 is 0 Å². The fourth-order valence-electron chi connectivity index (χ4n) is 3.44. The van der Waals surface area contributed by atoms with E-state index in [9.17, 15) is 0 Å². The van der Waals surface area contributed by atoms with Crippen LogP contribution < -0.4 is 10.5 Å². The van der Waals surface area contributed by atoms with Crippen molar-refractivity contribution in [1.29, 1.82) is 0 Å². The molecule has 2 N–H and O–H groups in total. The average Bonchev–Trinajstić information content (AvgIpc) is 2.89. The maximum absolute atomic E-state index is 6.06. The van der Waals surface area contributed by atoms with E-state index >= 15 is 0 Å². The second kappa shape index (κ2) is 5.08. The molecule has 0 saturated heterocycles. The first-order valence-corrected chi connectivity index (χ1v) is 7.62. The van der Waals surface area contributed by atoms with Crippen molar-refractivity contribution in [2.24, 2.45) is 0 Å². The fraction of sp³-hybridized carbons (Fsp3) is 0.333. The highest BCUT2D eigenvalue weighted by Crippen LogP contribution is 2.29. The molecule has 3 nitrogen and oxygen atoms in total. The number of nitrogen functional groups attached to an aromatic ring is 1. The number of nitrogens with zero attached hydrogens (tertiary/aromatic N) is 1. The lowest BCUT2D eigenvalue weighted by molar-refractivity contribution is 0.141. The Labute approximate surface area is 125 Å². The van der Waals surface area contributed by atoms with Crippen molar-refractivity contribution in [3.63, 3.8) is 0 Å². The molecule has 2 aliphatic rings. The smallest absolute Gasteiger partial charge is 0.123 e. The van der Waals surface area contributed by atoms with E-state index in [1.165, 1.54) is 16.7 Å². The number of hydrogen-bond acceptors (Lipinski definition) is 3. The van der Waals surface area contributed by atoms with Gasteiger partial charge in [-0.2, -0.15) is 0 Å². The van der Waals surface area contributed by atoms with Gasteiger partial charge in [0.2, 0.25) is 0 Å². The molecule has 0 radical (unpaired) electrons. The Hall–Kier alpha value is -2.00. The van der Waals surface area contributed by atoms with Crippen molar-refractivity contribution < 1.29 is 4.74 Å². The zero-order chi connectivity index (χ0) is 14.2. The monoisotopic (exact) mass is 280 g/mol. The van der Waals surface area contributed by atoms with Gasteiger partial charge in [0, 0.05) is 31.7 Å². The maximum Gasteiger partial charge on any atom is 0.123 e. The molecule has 2 aromatic carbocycles. The third-order valence-electron chi connectivity index (χ3n) is 4.50. The normalized spacial score (nSPS) is 20.7. The molecule has 0 aromatic heterocycles. The molecule has 0 fully saturated rings. The largest absolute Gasteiger partial charge is 0.488 e. The molecule has 0 saturated carbocycles. The lowest BCUT2D eigenvalue weighted by Crippen LogP contribution is -2.38. The minimum absolute atomic E-state index is 0.282. The fourth-order valence-corrected chi connectivity index (χ4v) is 3.44. The van der Waals surface area contributed by atoms with Crippen LogP contribution in [0.3, 0.4) is 0 Å². The lowest BCUT2D eigenvalue weighted by Gasteiger charge is -2.30. The summed E-state index contributed by atoms with van der Waals surface area (Å²) in [4.78, 5) is 2.48. The first-order chi connectivity index (χ1) is 10.3. The van der Waals surface area contributed by atoms with Crippen molar-refractivity contribution in [3.8, 4) is 5.75 Å². The number of nitrogens with two attached hydrogens (primary N) is 1. The molecule has 2 aliphatic heterocycles. The molecule has 2 heterocycles. The van der Waals surface area contributed by atoms with Crippen LogP contribution in [0, 0.1) is 0 Å². The van der Waals surface area contributed by atoms with Crippen LogP contribution in [0.1, 0.15) is 16.7 Å². The van der Waals surface area contributed by atoms with Crippen molar-refractivity contribution in [2.75, 3.05) is 18.8 Å². The Kier molecular flexibility index (Phi) is 3.08. The van der Waals surface area contributed by atoms with Crippen LogP contribution in [0.5, 0.6) is 5.75 Å². The first-order valence-electron chi connectivity index (χ1n) is 7.62. The Morgan fingerprint density at radius 2 is 2.00 bits per heavy atom. The van der Waals surface area contributed by atoms with E-state index in [4.69, 9.17) is 10.5 Å². The van der Waals surface area contributed by atoms with E-state index in [1.807, 2.05) is 12.1 Å². The number of ether oxygens (including phenoxy) is 1. The topological polar surface area (TPSA) is 38.5 Å². The molecule has 0 amide bonds. The number of benzene rings is 2. The third kappa shape index (κ3) is 2.49. The van der Waals surface area contributed by atoms with Gasteiger partial charge < -0.3 is 10.5 Å². The summed E-state index contributed by atoms with van der Waals surface area (Å²) in [5.41, 5.74) is 10.9. The minimum Gasteiger partial charge on any atom is -0.488 e. The van der Waals surface area contributed by atoms with E-state index in [2.05, 4.69) is 35.2 Å². The summed E-state index contributed by atoms with van der Waals surface area (Å²) in [7, 11) is 0. The van der Waals surface area contributed by atoms with E-state index in [0.29, 0.717) is 0 Å². The number of anilines is 1. The van der Waals surface area contributed by atoms with Crippen molar-refractivity contribution in [1.82, 2.24) is 4.90 Å². The van der Waals surface area contributed by atoms with E-state index in [1.54, 1.807) is 0 Å². The minimum atomic E-state index is 0.282. The molecule has 1 atom stereocenters. The highest BCUT2D eigenvalue weighted by molar-refractivity contribution is 5.45. The van der Waals surface area contributed by atoms with Crippen molar-refractivity contribution >= 4 is 5.69 Å². The molecular weight excluding hydrogens is 260 g/mol. The Balaban J connectivity index is 1.44. The second-order valence-corrected chi connectivity index (χ2v) is 6.06. The molecule has 4 rings (SSSR count). The van der Waals surface area contributed by atoms with Crippen LogP contribution in [-0.2, 0) is 19.4 Å². The predicted octanol–water partition coefficient (Wildman–Crippen LogP) is 2.63. The van der Waals surface area contributed by atoms with Crippen molar-refractivity contribution in [2.45, 2.75) is 25.5 Å². The first kappa shape index (κ1) is 12.7. The molecule has 0 aliphatic carbocycles. The maximum atomic E-state index is 6.06. The van der Waals surface area contributed by atoms with Gasteiger partial charge in [0.05, 0.1) is 0 Å². The Bertz CT molecular complexity index is 643. The van der Waals surface area contributed by atoms with Crippen LogP contribution in [0.2, 0.25) is 0 Å². The third-order valence-corrected chi connectivity index (χ3v) is 4.50. The van der Waals surface area contributed by atoms with Gasteiger partial charge in [-0.05, 0) is 41.3 Å². The molecule has 108 valence electrons. The summed E-state index contributed by atoms with van der Waals surface area (Å²) in [5, 5.41) is 0. The molecule has 0 bridgehead atoms. The van der Waals surface area contributed by atoms with Gasteiger partial charge in [0.1, 0.15) is 11.9 Å². The number of hydrogen-bond donors (Lipinski definition) is 1. The zero-order valence-electron chi connectivity index (χ0n) is 12.1. The SMILES string of the molecule is Nc1ccc2c(c1)CN(CC1Cc3ccccc3O1)CC2. The average molecular weight is 280 g/mol. The quantitative estimate of drug-likeness (QED) is 0.859. The number of fused-ring (bicyclic) bond motifs is 2. The van der Waals surface area contributed by atoms with Crippen LogP contribution >= 0.6 is 0 Å². The number of para-hydroxylation sites is 1. The van der Waals surface area contributed by atoms with Gasteiger partial charge in [-0.15, -0.1) is 0 Å². The summed E-state index contributed by atoms with van der Waals surface area (Å²) in [6.45, 7) is 3.08. The second-order valence-electron chi connectivity index (χ2n) is 6.06. The summed E-state index contributed by atoms with van der Waals surface area (Å²) in [6, 6.07) is 14.7. The highest BCUT2D eigenvalue weighted by atomic mass is 16.5. The summed E-state index contributed by atoms with van der Waals surface area (Å²) >= 11 is 0. The molecule has 2 aromatic rings. The molecular formula is C18H20N2O. The molecule has 21 heavy (non-hydrogen) atoms. The molecule has 0 spiro atoms. The summed E-state index contributed by atoms with van der Waals surface area (Å²) in [5.74, 6) is 1.06. The van der Waals surface area contributed by atoms with Gasteiger partial charge in [0.15, 0.2) is 0 Å². The van der Waals surface area contributed by atoms with Gasteiger partial charge in [0.25, 0.3) is 0 Å². The van der Waals surface area contributed by atoms with Crippen LogP contribution in [0.15, 0.2) is 42.5 Å². The van der Waals surface area contributed by atoms with Crippen LogP contribution in [0.4, 0.5) is 5.69 Å². The summed E-state index contributed by atoms with van der Waals surface area (Å²) < 4.78 is 6.06. The van der Waals surface area contributed by atoms with E-state index in [-0.39, 0.29) is 6.10 Å². The van der Waals surface area contributed by atoms with Crippen LogP contribution in [0.25, 0.3) is 0 Å². The lowest BCUT2D eigenvalue weighted by atomic mass is 9.98. The number of rotatable bonds is 2.